The number of alkyl halides is 2. The Hall–Kier alpha value is 0.470. The van der Waals surface area contributed by atoms with Gasteiger partial charge in [-0.3, -0.25) is 0 Å². The lowest BCUT2D eigenvalue weighted by molar-refractivity contribution is 1.13. The molecule has 1 atom stereocenters. The minimum Gasteiger partial charge on any atom is -0.0843 e. The van der Waals surface area contributed by atoms with Crippen LogP contribution in [0.5, 0.6) is 0 Å². The topological polar surface area (TPSA) is 0 Å². The van der Waals surface area contributed by atoms with Crippen LogP contribution < -0.4 is 0 Å². The Bertz CT molecular complexity index is 292. The molecule has 0 radical (unpaired) electrons. The molecule has 0 N–H and O–H groups in total. The van der Waals surface area contributed by atoms with E-state index >= 15 is 0 Å². The Balaban J connectivity index is 2.21. The predicted molar refractivity (Wildman–Crippen MR) is 59.4 cm³/mol. The molecule has 1 aromatic carbocycles. The van der Waals surface area contributed by atoms with Crippen LogP contribution in [0, 0.1) is 0 Å². The summed E-state index contributed by atoms with van der Waals surface area (Å²) in [6.45, 7) is 0. The molecule has 0 bridgehead atoms. The van der Waals surface area contributed by atoms with Crippen LogP contribution in [0.2, 0.25) is 5.02 Å². The lowest BCUT2D eigenvalue weighted by Crippen LogP contribution is -1.87. The van der Waals surface area contributed by atoms with Gasteiger partial charge in [-0.2, -0.15) is 0 Å². The summed E-state index contributed by atoms with van der Waals surface area (Å²) in [5, 5.41) is 0.800. The molecular weight excluding hydrogens is 303 g/mol. The molecule has 1 aliphatic carbocycles. The Morgan fingerprint density at radius 1 is 1.25 bits per heavy atom. The van der Waals surface area contributed by atoms with Crippen LogP contribution in [-0.2, 0) is 0 Å². The summed E-state index contributed by atoms with van der Waals surface area (Å²) < 4.78 is 0.147. The molecule has 12 heavy (non-hydrogen) atoms. The summed E-state index contributed by atoms with van der Waals surface area (Å²) in [6, 6.07) is 8.03. The third-order valence-corrected chi connectivity index (χ3v) is 4.10. The van der Waals surface area contributed by atoms with Crippen LogP contribution >= 0.6 is 43.5 Å². The third-order valence-electron chi connectivity index (χ3n) is 2.10. The Morgan fingerprint density at radius 3 is 2.17 bits per heavy atom. The number of benzene rings is 1. The van der Waals surface area contributed by atoms with Gasteiger partial charge in [0, 0.05) is 10.9 Å². The molecule has 2 rings (SSSR count). The Labute approximate surface area is 93.6 Å². The van der Waals surface area contributed by atoms with Gasteiger partial charge in [-0.15, -0.1) is 0 Å². The Kier molecular flexibility index (Phi) is 2.26. The van der Waals surface area contributed by atoms with Gasteiger partial charge in [0.1, 0.15) is 0 Å². The predicted octanol–water partition coefficient (Wildman–Crippen LogP) is 4.31. The molecule has 0 amide bonds. The van der Waals surface area contributed by atoms with Gasteiger partial charge in [0.25, 0.3) is 0 Å². The summed E-state index contributed by atoms with van der Waals surface area (Å²) in [4.78, 5) is 0. The first kappa shape index (κ1) is 9.04. The maximum absolute atomic E-state index is 5.78. The maximum Gasteiger partial charge on any atom is 0.0881 e. The zero-order valence-electron chi connectivity index (χ0n) is 6.23. The molecule has 3 heteroatoms. The fourth-order valence-corrected chi connectivity index (χ4v) is 2.57. The highest BCUT2D eigenvalue weighted by molar-refractivity contribution is 9.25. The second-order valence-electron chi connectivity index (χ2n) is 3.07. The molecule has 1 fully saturated rings. The quantitative estimate of drug-likeness (QED) is 0.678. The minimum atomic E-state index is 0.147. The van der Waals surface area contributed by atoms with Crippen molar-refractivity contribution in [1.29, 1.82) is 0 Å². The van der Waals surface area contributed by atoms with Crippen LogP contribution in [0.4, 0.5) is 0 Å². The van der Waals surface area contributed by atoms with E-state index in [1.54, 1.807) is 0 Å². The van der Waals surface area contributed by atoms with Crippen molar-refractivity contribution in [2.45, 2.75) is 15.6 Å². The van der Waals surface area contributed by atoms with Crippen LogP contribution in [-0.4, -0.2) is 3.23 Å². The van der Waals surface area contributed by atoms with E-state index in [1.807, 2.05) is 12.1 Å². The lowest BCUT2D eigenvalue weighted by atomic mass is 10.1. The maximum atomic E-state index is 5.78. The normalized spacial score (nSPS) is 25.4. The van der Waals surface area contributed by atoms with Crippen LogP contribution in [0.25, 0.3) is 0 Å². The van der Waals surface area contributed by atoms with E-state index < -0.39 is 0 Å². The molecule has 1 aromatic rings. The van der Waals surface area contributed by atoms with E-state index in [0.29, 0.717) is 5.92 Å². The first-order chi connectivity index (χ1) is 5.59. The van der Waals surface area contributed by atoms with E-state index in [-0.39, 0.29) is 3.23 Å². The van der Waals surface area contributed by atoms with E-state index in [1.165, 1.54) is 5.56 Å². The van der Waals surface area contributed by atoms with Gasteiger partial charge in [0.2, 0.25) is 0 Å². The van der Waals surface area contributed by atoms with Crippen molar-refractivity contribution < 1.29 is 0 Å². The molecule has 0 spiro atoms. The van der Waals surface area contributed by atoms with Crippen molar-refractivity contribution >= 4 is 43.5 Å². The van der Waals surface area contributed by atoms with Crippen molar-refractivity contribution in [2.24, 2.45) is 0 Å². The van der Waals surface area contributed by atoms with Crippen molar-refractivity contribution in [1.82, 2.24) is 0 Å². The fourth-order valence-electron chi connectivity index (χ4n) is 1.27. The SMILES string of the molecule is Clc1ccc(C2CC2(Br)Br)cc1. The molecule has 1 unspecified atom stereocenters. The van der Waals surface area contributed by atoms with Gasteiger partial charge >= 0.3 is 0 Å². The van der Waals surface area contributed by atoms with Gasteiger partial charge < -0.3 is 0 Å². The molecule has 1 aliphatic rings. The lowest BCUT2D eigenvalue weighted by Gasteiger charge is -2.00. The number of hydrogen-bond acceptors (Lipinski definition) is 0. The summed E-state index contributed by atoms with van der Waals surface area (Å²) in [5.74, 6) is 0.592. The average Bonchev–Trinajstić information content (AvgIpc) is 2.61. The summed E-state index contributed by atoms with van der Waals surface area (Å²) >= 11 is 13.0. The van der Waals surface area contributed by atoms with Crippen molar-refractivity contribution in [3.8, 4) is 0 Å². The highest BCUT2D eigenvalue weighted by atomic mass is 79.9. The largest absolute Gasteiger partial charge is 0.0881 e. The summed E-state index contributed by atoms with van der Waals surface area (Å²) in [7, 11) is 0. The van der Waals surface area contributed by atoms with Gasteiger partial charge in [0.05, 0.1) is 3.23 Å². The number of halogens is 3. The van der Waals surface area contributed by atoms with Crippen LogP contribution in [0.1, 0.15) is 17.9 Å². The van der Waals surface area contributed by atoms with Crippen LogP contribution in [0.3, 0.4) is 0 Å². The highest BCUT2D eigenvalue weighted by Crippen LogP contribution is 2.62. The van der Waals surface area contributed by atoms with Gasteiger partial charge in [-0.1, -0.05) is 55.6 Å². The molecule has 0 nitrogen and oxygen atoms in total. The second kappa shape index (κ2) is 3.00. The van der Waals surface area contributed by atoms with E-state index in [2.05, 4.69) is 44.0 Å². The molecular formula is C9H7Br2Cl. The smallest absolute Gasteiger partial charge is 0.0843 e. The first-order valence-electron chi connectivity index (χ1n) is 3.73. The first-order valence-corrected chi connectivity index (χ1v) is 5.69. The summed E-state index contributed by atoms with van der Waals surface area (Å²) in [5.41, 5.74) is 1.34. The van der Waals surface area contributed by atoms with Gasteiger partial charge in [-0.05, 0) is 24.1 Å². The number of hydrogen-bond donors (Lipinski definition) is 0. The zero-order chi connectivity index (χ0) is 8.77. The number of rotatable bonds is 1. The van der Waals surface area contributed by atoms with E-state index in [9.17, 15) is 0 Å². The highest BCUT2D eigenvalue weighted by Gasteiger charge is 2.50. The molecule has 0 aromatic heterocycles. The monoisotopic (exact) mass is 308 g/mol. The molecule has 1 saturated carbocycles. The molecule has 0 saturated heterocycles. The van der Waals surface area contributed by atoms with Crippen molar-refractivity contribution in [3.05, 3.63) is 34.9 Å². The minimum absolute atomic E-state index is 0.147. The van der Waals surface area contributed by atoms with Crippen LogP contribution in [0.15, 0.2) is 24.3 Å². The summed E-state index contributed by atoms with van der Waals surface area (Å²) in [6.07, 6.45) is 1.15. The fraction of sp³-hybridized carbons (Fsp3) is 0.333. The van der Waals surface area contributed by atoms with Crippen molar-refractivity contribution in [2.75, 3.05) is 0 Å². The molecule has 0 aliphatic heterocycles. The van der Waals surface area contributed by atoms with Gasteiger partial charge in [0.15, 0.2) is 0 Å². The van der Waals surface area contributed by atoms with Gasteiger partial charge in [-0.25, -0.2) is 0 Å². The second-order valence-corrected chi connectivity index (χ2v) is 7.40. The molecule has 64 valence electrons. The molecule has 0 heterocycles. The van der Waals surface area contributed by atoms with Crippen molar-refractivity contribution in [3.63, 3.8) is 0 Å². The Morgan fingerprint density at radius 2 is 1.75 bits per heavy atom. The van der Waals surface area contributed by atoms with E-state index in [0.717, 1.165) is 11.4 Å². The third kappa shape index (κ3) is 1.70. The zero-order valence-corrected chi connectivity index (χ0v) is 10.2. The standard InChI is InChI=1S/C9H7Br2Cl/c10-9(11)5-8(9)6-1-3-7(12)4-2-6/h1-4,8H,5H2. The van der Waals surface area contributed by atoms with E-state index in [4.69, 9.17) is 11.6 Å². The average molecular weight is 310 g/mol.